The average molecular weight is 434 g/mol. The van der Waals surface area contributed by atoms with Crippen molar-refractivity contribution in [1.82, 2.24) is 5.32 Å². The van der Waals surface area contributed by atoms with Crippen LogP contribution in [-0.4, -0.2) is 17.4 Å². The number of Topliss-reactive ketones (excluding diaryl/α,β-unsaturated/α-hetero) is 1. The number of furan rings is 1. The lowest BCUT2D eigenvalue weighted by atomic mass is 9.79. The molecule has 0 saturated carbocycles. The molecule has 7 heteroatoms. The molecule has 1 aromatic heterocycles. The predicted octanol–water partition coefficient (Wildman–Crippen LogP) is 4.70. The van der Waals surface area contributed by atoms with E-state index in [-0.39, 0.29) is 17.4 Å². The molecular weight excluding hydrogens is 410 g/mol. The maximum Gasteiger partial charge on any atom is 0.234 e. The van der Waals surface area contributed by atoms with Gasteiger partial charge in [0.15, 0.2) is 5.78 Å². The monoisotopic (exact) mass is 433 g/mol. The van der Waals surface area contributed by atoms with E-state index in [0.717, 1.165) is 35.4 Å². The summed E-state index contributed by atoms with van der Waals surface area (Å²) in [5.41, 5.74) is 4.67. The number of ketones is 1. The van der Waals surface area contributed by atoms with Gasteiger partial charge in [-0.25, -0.2) is 0 Å². The van der Waals surface area contributed by atoms with E-state index >= 15 is 0 Å². The number of carbonyl (C=O) groups is 2. The molecule has 2 aliphatic rings. The van der Waals surface area contributed by atoms with Crippen LogP contribution in [0.15, 0.2) is 62.9 Å². The standard InChI is InChI=1S/C24H23N3O3S/c1-14-6-3-7-15(2)23(14)27-20(29)13-31-24-16(12-25)21(19-10-5-11-30-19)22-17(26-24)8-4-9-18(22)28/h3,5-7,10-11,21,26H,4,8-9,13H2,1-2H3,(H,27,29)/t21-/m1/s1. The zero-order chi connectivity index (χ0) is 22.0. The number of dihydropyridines is 1. The molecular formula is C24H23N3O3S. The Balaban J connectivity index is 1.58. The summed E-state index contributed by atoms with van der Waals surface area (Å²) < 4.78 is 5.59. The SMILES string of the molecule is Cc1cccc(C)c1NC(=O)CSC1=C(C#N)[C@H](c2ccco2)C2=C(CCCC2=O)N1. The van der Waals surface area contributed by atoms with Gasteiger partial charge in [0.2, 0.25) is 5.91 Å². The Morgan fingerprint density at radius 1 is 1.26 bits per heavy atom. The summed E-state index contributed by atoms with van der Waals surface area (Å²) in [6, 6.07) is 11.7. The molecule has 1 aliphatic heterocycles. The summed E-state index contributed by atoms with van der Waals surface area (Å²) in [5.74, 6) is 0.0674. The Morgan fingerprint density at radius 2 is 2.03 bits per heavy atom. The minimum atomic E-state index is -0.534. The fourth-order valence-electron chi connectivity index (χ4n) is 4.10. The van der Waals surface area contributed by atoms with Crippen LogP contribution in [0.4, 0.5) is 5.69 Å². The summed E-state index contributed by atoms with van der Waals surface area (Å²) >= 11 is 1.27. The van der Waals surface area contributed by atoms with Crippen molar-refractivity contribution < 1.29 is 14.0 Å². The number of allylic oxidation sites excluding steroid dienone is 3. The van der Waals surface area contributed by atoms with E-state index in [1.54, 1.807) is 18.4 Å². The van der Waals surface area contributed by atoms with Crippen LogP contribution in [-0.2, 0) is 9.59 Å². The normalized spacial score (nSPS) is 18.4. The Labute approximate surface area is 185 Å². The fourth-order valence-corrected chi connectivity index (χ4v) is 4.96. The number of thioether (sulfide) groups is 1. The molecule has 0 saturated heterocycles. The maximum absolute atomic E-state index is 12.7. The molecule has 0 bridgehead atoms. The molecule has 0 radical (unpaired) electrons. The summed E-state index contributed by atoms with van der Waals surface area (Å²) in [6.45, 7) is 3.91. The lowest BCUT2D eigenvalue weighted by molar-refractivity contribution is -0.116. The Bertz CT molecular complexity index is 1120. The van der Waals surface area contributed by atoms with E-state index in [4.69, 9.17) is 4.42 Å². The zero-order valence-electron chi connectivity index (χ0n) is 17.5. The van der Waals surface area contributed by atoms with Gasteiger partial charge in [0, 0.05) is 23.4 Å². The van der Waals surface area contributed by atoms with Gasteiger partial charge in [0.05, 0.1) is 34.6 Å². The van der Waals surface area contributed by atoms with Gasteiger partial charge in [-0.1, -0.05) is 30.0 Å². The molecule has 1 aliphatic carbocycles. The highest BCUT2D eigenvalue weighted by Crippen LogP contribution is 2.44. The lowest BCUT2D eigenvalue weighted by Crippen LogP contribution is -2.31. The molecule has 0 fully saturated rings. The number of aryl methyl sites for hydroxylation is 2. The molecule has 0 spiro atoms. The van der Waals surface area contributed by atoms with Crippen LogP contribution in [0.2, 0.25) is 0 Å². The van der Waals surface area contributed by atoms with E-state index < -0.39 is 5.92 Å². The second kappa shape index (κ2) is 8.86. The van der Waals surface area contributed by atoms with E-state index in [2.05, 4.69) is 16.7 Å². The van der Waals surface area contributed by atoms with E-state index in [1.165, 1.54) is 11.8 Å². The highest BCUT2D eigenvalue weighted by molar-refractivity contribution is 8.03. The van der Waals surface area contributed by atoms with Gasteiger partial charge in [0.25, 0.3) is 0 Å². The first-order valence-corrected chi connectivity index (χ1v) is 11.2. The third-order valence-corrected chi connectivity index (χ3v) is 6.60. The molecule has 2 N–H and O–H groups in total. The van der Waals surface area contributed by atoms with Crippen molar-refractivity contribution in [3.05, 3.63) is 75.4 Å². The van der Waals surface area contributed by atoms with Crippen molar-refractivity contribution >= 4 is 29.1 Å². The molecule has 2 aromatic rings. The number of rotatable bonds is 5. The first kappa shape index (κ1) is 21.0. The number of para-hydroxylation sites is 1. The molecule has 1 aromatic carbocycles. The molecule has 31 heavy (non-hydrogen) atoms. The molecule has 158 valence electrons. The molecule has 0 unspecified atom stereocenters. The number of anilines is 1. The number of amides is 1. The van der Waals surface area contributed by atoms with Crippen molar-refractivity contribution in [3.63, 3.8) is 0 Å². The van der Waals surface area contributed by atoms with Crippen molar-refractivity contribution in [2.75, 3.05) is 11.1 Å². The van der Waals surface area contributed by atoms with Gasteiger partial charge in [-0.3, -0.25) is 9.59 Å². The highest BCUT2D eigenvalue weighted by Gasteiger charge is 2.38. The van der Waals surface area contributed by atoms with Gasteiger partial charge in [-0.05, 0) is 49.9 Å². The topological polar surface area (TPSA) is 95.1 Å². The Kier molecular flexibility index (Phi) is 6.01. The molecule has 1 atom stereocenters. The third-order valence-electron chi connectivity index (χ3n) is 5.58. The first-order valence-electron chi connectivity index (χ1n) is 10.2. The van der Waals surface area contributed by atoms with Gasteiger partial charge < -0.3 is 15.1 Å². The van der Waals surface area contributed by atoms with Gasteiger partial charge in [0.1, 0.15) is 5.76 Å². The summed E-state index contributed by atoms with van der Waals surface area (Å²) in [6.07, 6.45) is 3.51. The van der Waals surface area contributed by atoms with Crippen LogP contribution >= 0.6 is 11.8 Å². The van der Waals surface area contributed by atoms with Crippen molar-refractivity contribution in [3.8, 4) is 6.07 Å². The number of carbonyl (C=O) groups excluding carboxylic acids is 2. The number of hydrogen-bond acceptors (Lipinski definition) is 6. The van der Waals surface area contributed by atoms with Gasteiger partial charge >= 0.3 is 0 Å². The van der Waals surface area contributed by atoms with Crippen LogP contribution in [0.3, 0.4) is 0 Å². The van der Waals surface area contributed by atoms with E-state index in [9.17, 15) is 14.9 Å². The minimum Gasteiger partial charge on any atom is -0.468 e. The third kappa shape index (κ3) is 4.17. The van der Waals surface area contributed by atoms with Crippen LogP contribution < -0.4 is 10.6 Å². The van der Waals surface area contributed by atoms with Crippen molar-refractivity contribution in [2.45, 2.75) is 39.0 Å². The number of nitriles is 1. The average Bonchev–Trinajstić information content (AvgIpc) is 3.28. The van der Waals surface area contributed by atoms with Crippen LogP contribution in [0, 0.1) is 25.2 Å². The molecule has 4 rings (SSSR count). The van der Waals surface area contributed by atoms with Crippen molar-refractivity contribution in [2.24, 2.45) is 0 Å². The first-order chi connectivity index (χ1) is 15.0. The fraction of sp³-hybridized carbons (Fsp3) is 0.292. The summed E-state index contributed by atoms with van der Waals surface area (Å²) in [5, 5.41) is 16.8. The van der Waals surface area contributed by atoms with Crippen LogP contribution in [0.5, 0.6) is 0 Å². The Morgan fingerprint density at radius 3 is 2.71 bits per heavy atom. The summed E-state index contributed by atoms with van der Waals surface area (Å²) in [4.78, 5) is 25.3. The smallest absolute Gasteiger partial charge is 0.234 e. The highest BCUT2D eigenvalue weighted by atomic mass is 32.2. The number of nitrogens with one attached hydrogen (secondary N) is 2. The second-order valence-electron chi connectivity index (χ2n) is 7.70. The Hall–Kier alpha value is -3.24. The largest absolute Gasteiger partial charge is 0.468 e. The van der Waals surface area contributed by atoms with E-state index in [0.29, 0.717) is 28.4 Å². The summed E-state index contributed by atoms with van der Waals surface area (Å²) in [7, 11) is 0. The predicted molar refractivity (Wildman–Crippen MR) is 120 cm³/mol. The minimum absolute atomic E-state index is 0.0414. The molecule has 6 nitrogen and oxygen atoms in total. The molecule has 1 amide bonds. The quantitative estimate of drug-likeness (QED) is 0.710. The second-order valence-corrected chi connectivity index (χ2v) is 8.69. The van der Waals surface area contributed by atoms with Crippen LogP contribution in [0.25, 0.3) is 0 Å². The maximum atomic E-state index is 12.7. The number of nitrogens with zero attached hydrogens (tertiary/aromatic N) is 1. The van der Waals surface area contributed by atoms with Gasteiger partial charge in [-0.15, -0.1) is 0 Å². The van der Waals surface area contributed by atoms with E-state index in [1.807, 2.05) is 32.0 Å². The number of benzene rings is 1. The zero-order valence-corrected chi connectivity index (χ0v) is 18.3. The number of hydrogen-bond donors (Lipinski definition) is 2. The molecule has 2 heterocycles. The lowest BCUT2D eigenvalue weighted by Gasteiger charge is -2.32. The van der Waals surface area contributed by atoms with Crippen molar-refractivity contribution in [1.29, 1.82) is 5.26 Å². The van der Waals surface area contributed by atoms with Crippen LogP contribution in [0.1, 0.15) is 42.1 Å². The van der Waals surface area contributed by atoms with Gasteiger partial charge in [-0.2, -0.15) is 5.26 Å².